The maximum atomic E-state index is 5.73. The van der Waals surface area contributed by atoms with Crippen LogP contribution in [0, 0.1) is 5.92 Å². The highest BCUT2D eigenvalue weighted by Gasteiger charge is 2.21. The van der Waals surface area contributed by atoms with Crippen molar-refractivity contribution in [1.82, 2.24) is 0 Å². The standard InChI is InChI=1S/C16H25NO3/c1-2-9-19-15-6-5-14(7-8-17)16(10-15)20-12-18-11-13-3-4-13/h5-6,10,13H,2-4,7-9,11-12,17H2,1H3. The second-order valence-electron chi connectivity index (χ2n) is 5.23. The normalized spacial score (nSPS) is 14.3. The lowest BCUT2D eigenvalue weighted by molar-refractivity contribution is 0.00936. The van der Waals surface area contributed by atoms with E-state index in [9.17, 15) is 0 Å². The second kappa shape index (κ2) is 8.12. The van der Waals surface area contributed by atoms with Crippen molar-refractivity contribution in [2.75, 3.05) is 26.6 Å². The predicted octanol–water partition coefficient (Wildman–Crippen LogP) is 2.74. The van der Waals surface area contributed by atoms with Crippen LogP contribution in [0.5, 0.6) is 11.5 Å². The van der Waals surface area contributed by atoms with Crippen molar-refractivity contribution in [3.63, 3.8) is 0 Å². The first-order valence-corrected chi connectivity index (χ1v) is 7.49. The molecule has 1 aromatic carbocycles. The first kappa shape index (κ1) is 15.1. The lowest BCUT2D eigenvalue weighted by atomic mass is 10.1. The van der Waals surface area contributed by atoms with Crippen molar-refractivity contribution >= 4 is 0 Å². The minimum Gasteiger partial charge on any atom is -0.493 e. The van der Waals surface area contributed by atoms with Crippen LogP contribution in [-0.4, -0.2) is 26.6 Å². The van der Waals surface area contributed by atoms with Crippen LogP contribution in [0.3, 0.4) is 0 Å². The van der Waals surface area contributed by atoms with Crippen LogP contribution in [-0.2, 0) is 11.2 Å². The van der Waals surface area contributed by atoms with Crippen molar-refractivity contribution in [3.05, 3.63) is 23.8 Å². The minimum absolute atomic E-state index is 0.297. The summed E-state index contributed by atoms with van der Waals surface area (Å²) < 4.78 is 16.9. The highest BCUT2D eigenvalue weighted by molar-refractivity contribution is 5.41. The molecule has 4 nitrogen and oxygen atoms in total. The van der Waals surface area contributed by atoms with Crippen LogP contribution in [0.1, 0.15) is 31.7 Å². The summed E-state index contributed by atoms with van der Waals surface area (Å²) in [5, 5.41) is 0. The van der Waals surface area contributed by atoms with Gasteiger partial charge in [-0.15, -0.1) is 0 Å². The summed E-state index contributed by atoms with van der Waals surface area (Å²) in [6.07, 6.45) is 4.37. The zero-order valence-corrected chi connectivity index (χ0v) is 12.3. The van der Waals surface area contributed by atoms with Gasteiger partial charge in [-0.2, -0.15) is 0 Å². The van der Waals surface area contributed by atoms with Crippen LogP contribution in [0.15, 0.2) is 18.2 Å². The topological polar surface area (TPSA) is 53.7 Å². The fraction of sp³-hybridized carbons (Fsp3) is 0.625. The number of rotatable bonds is 10. The van der Waals surface area contributed by atoms with Gasteiger partial charge in [-0.1, -0.05) is 13.0 Å². The third kappa shape index (κ3) is 5.02. The van der Waals surface area contributed by atoms with Crippen LogP contribution in [0.4, 0.5) is 0 Å². The fourth-order valence-electron chi connectivity index (χ4n) is 1.95. The maximum Gasteiger partial charge on any atom is 0.189 e. The smallest absolute Gasteiger partial charge is 0.189 e. The summed E-state index contributed by atoms with van der Waals surface area (Å²) in [6.45, 7) is 4.51. The monoisotopic (exact) mass is 279 g/mol. The lowest BCUT2D eigenvalue weighted by Crippen LogP contribution is -2.09. The molecule has 0 amide bonds. The largest absolute Gasteiger partial charge is 0.493 e. The van der Waals surface area contributed by atoms with E-state index in [1.807, 2.05) is 18.2 Å². The van der Waals surface area contributed by atoms with Gasteiger partial charge in [0.05, 0.1) is 13.2 Å². The molecule has 4 heteroatoms. The molecule has 0 radical (unpaired) electrons. The Morgan fingerprint density at radius 2 is 2.10 bits per heavy atom. The van der Waals surface area contributed by atoms with E-state index in [0.29, 0.717) is 19.9 Å². The number of hydrogen-bond donors (Lipinski definition) is 1. The van der Waals surface area contributed by atoms with Crippen molar-refractivity contribution in [2.45, 2.75) is 32.6 Å². The van der Waals surface area contributed by atoms with Gasteiger partial charge in [0, 0.05) is 6.07 Å². The number of hydrogen-bond acceptors (Lipinski definition) is 4. The lowest BCUT2D eigenvalue weighted by Gasteiger charge is -2.13. The Hall–Kier alpha value is -1.26. The van der Waals surface area contributed by atoms with Crippen molar-refractivity contribution < 1.29 is 14.2 Å². The highest BCUT2D eigenvalue weighted by Crippen LogP contribution is 2.29. The highest BCUT2D eigenvalue weighted by atomic mass is 16.7. The summed E-state index contributed by atoms with van der Waals surface area (Å²) in [6, 6.07) is 5.92. The number of benzene rings is 1. The molecule has 0 aliphatic heterocycles. The molecule has 0 atom stereocenters. The van der Waals surface area contributed by atoms with Gasteiger partial charge >= 0.3 is 0 Å². The Morgan fingerprint density at radius 3 is 2.80 bits per heavy atom. The Labute approximate surface area is 121 Å². The average Bonchev–Trinajstić information content (AvgIpc) is 3.28. The summed E-state index contributed by atoms with van der Waals surface area (Å²) >= 11 is 0. The molecule has 2 N–H and O–H groups in total. The van der Waals surface area contributed by atoms with Gasteiger partial charge in [0.1, 0.15) is 11.5 Å². The molecule has 0 saturated heterocycles. The van der Waals surface area contributed by atoms with Crippen molar-refractivity contribution in [3.8, 4) is 11.5 Å². The molecule has 1 aliphatic carbocycles. The molecular formula is C16H25NO3. The van der Waals surface area contributed by atoms with Crippen LogP contribution < -0.4 is 15.2 Å². The van der Waals surface area contributed by atoms with E-state index in [4.69, 9.17) is 19.9 Å². The molecule has 0 aromatic heterocycles. The SMILES string of the molecule is CCCOc1ccc(CCN)c(OCOCC2CC2)c1. The molecule has 20 heavy (non-hydrogen) atoms. The van der Waals surface area contributed by atoms with Crippen molar-refractivity contribution in [1.29, 1.82) is 0 Å². The first-order chi connectivity index (χ1) is 9.83. The Morgan fingerprint density at radius 1 is 1.25 bits per heavy atom. The first-order valence-electron chi connectivity index (χ1n) is 7.49. The van der Waals surface area contributed by atoms with Gasteiger partial charge in [0.15, 0.2) is 6.79 Å². The van der Waals surface area contributed by atoms with Gasteiger partial charge in [-0.3, -0.25) is 0 Å². The van der Waals surface area contributed by atoms with E-state index in [0.717, 1.165) is 42.4 Å². The predicted molar refractivity (Wildman–Crippen MR) is 79.2 cm³/mol. The summed E-state index contributed by atoms with van der Waals surface area (Å²) in [7, 11) is 0. The molecular weight excluding hydrogens is 254 g/mol. The molecule has 112 valence electrons. The number of nitrogens with two attached hydrogens (primary N) is 1. The molecule has 1 fully saturated rings. The van der Waals surface area contributed by atoms with E-state index >= 15 is 0 Å². The van der Waals surface area contributed by atoms with E-state index in [1.54, 1.807) is 0 Å². The summed E-state index contributed by atoms with van der Waals surface area (Å²) in [5.74, 6) is 2.41. The van der Waals surface area contributed by atoms with Gasteiger partial charge < -0.3 is 19.9 Å². The van der Waals surface area contributed by atoms with Crippen LogP contribution in [0.2, 0.25) is 0 Å². The maximum absolute atomic E-state index is 5.73. The zero-order valence-electron chi connectivity index (χ0n) is 12.3. The van der Waals surface area contributed by atoms with Gasteiger partial charge in [0.2, 0.25) is 0 Å². The molecule has 0 bridgehead atoms. The van der Waals surface area contributed by atoms with E-state index in [-0.39, 0.29) is 0 Å². The van der Waals surface area contributed by atoms with Crippen LogP contribution >= 0.6 is 0 Å². The quantitative estimate of drug-likeness (QED) is 0.528. The van der Waals surface area contributed by atoms with Crippen LogP contribution in [0.25, 0.3) is 0 Å². The van der Waals surface area contributed by atoms with Gasteiger partial charge in [0.25, 0.3) is 0 Å². The summed E-state index contributed by atoms with van der Waals surface area (Å²) in [4.78, 5) is 0. The van der Waals surface area contributed by atoms with Gasteiger partial charge in [-0.05, 0) is 49.8 Å². The summed E-state index contributed by atoms with van der Waals surface area (Å²) in [5.41, 5.74) is 6.74. The van der Waals surface area contributed by atoms with E-state index < -0.39 is 0 Å². The van der Waals surface area contributed by atoms with E-state index in [1.165, 1.54) is 12.8 Å². The second-order valence-corrected chi connectivity index (χ2v) is 5.23. The third-order valence-electron chi connectivity index (χ3n) is 3.27. The van der Waals surface area contributed by atoms with Crippen molar-refractivity contribution in [2.24, 2.45) is 11.7 Å². The third-order valence-corrected chi connectivity index (χ3v) is 3.27. The van der Waals surface area contributed by atoms with E-state index in [2.05, 4.69) is 6.92 Å². The molecule has 0 heterocycles. The molecule has 1 saturated carbocycles. The molecule has 1 aromatic rings. The van der Waals surface area contributed by atoms with Gasteiger partial charge in [-0.25, -0.2) is 0 Å². The molecule has 1 aliphatic rings. The molecule has 0 spiro atoms. The average molecular weight is 279 g/mol. The Kier molecular flexibility index (Phi) is 6.15. The Bertz CT molecular complexity index is 405. The molecule has 0 unspecified atom stereocenters. The minimum atomic E-state index is 0.297. The zero-order chi connectivity index (χ0) is 14.2. The Balaban J connectivity index is 1.89. The molecule has 2 rings (SSSR count). The number of ether oxygens (including phenoxy) is 3. The fourth-order valence-corrected chi connectivity index (χ4v) is 1.95.